The Hall–Kier alpha value is -2.86. The van der Waals surface area contributed by atoms with E-state index in [1.165, 1.54) is 0 Å². The van der Waals surface area contributed by atoms with Crippen molar-refractivity contribution in [1.82, 2.24) is 0 Å². The van der Waals surface area contributed by atoms with E-state index in [1.54, 1.807) is 31.2 Å². The monoisotopic (exact) mass is 357 g/mol. The Morgan fingerprint density at radius 2 is 1.77 bits per heavy atom. The van der Waals surface area contributed by atoms with E-state index in [4.69, 9.17) is 14.6 Å². The lowest BCUT2D eigenvalue weighted by Crippen LogP contribution is -2.27. The summed E-state index contributed by atoms with van der Waals surface area (Å²) in [4.78, 5) is 22.6. The molecule has 6 nitrogen and oxygen atoms in total. The van der Waals surface area contributed by atoms with Crippen LogP contribution in [0.15, 0.2) is 54.6 Å². The maximum Gasteiger partial charge on any atom is 0.303 e. The minimum Gasteiger partial charge on any atom is -0.494 e. The molecule has 1 unspecified atom stereocenters. The second kappa shape index (κ2) is 10.2. The summed E-state index contributed by atoms with van der Waals surface area (Å²) < 4.78 is 11.0. The fraction of sp³-hybridized carbons (Fsp3) is 0.300. The predicted octanol–water partition coefficient (Wildman–Crippen LogP) is 3.47. The van der Waals surface area contributed by atoms with Gasteiger partial charge in [-0.1, -0.05) is 30.3 Å². The number of amides is 1. The fourth-order valence-corrected chi connectivity index (χ4v) is 2.16. The van der Waals surface area contributed by atoms with Crippen LogP contribution in [-0.2, 0) is 20.9 Å². The first kappa shape index (κ1) is 19.5. The van der Waals surface area contributed by atoms with Crippen LogP contribution >= 0.6 is 0 Å². The van der Waals surface area contributed by atoms with Crippen LogP contribution in [0.1, 0.15) is 25.3 Å². The third-order valence-electron chi connectivity index (χ3n) is 3.64. The molecule has 0 radical (unpaired) electrons. The average Bonchev–Trinajstić information content (AvgIpc) is 2.65. The van der Waals surface area contributed by atoms with Crippen molar-refractivity contribution < 1.29 is 24.2 Å². The normalized spacial score (nSPS) is 11.6. The minimum absolute atomic E-state index is 0.0784. The van der Waals surface area contributed by atoms with Crippen LogP contribution in [0, 0.1) is 0 Å². The van der Waals surface area contributed by atoms with Crippen molar-refractivity contribution in [1.29, 1.82) is 0 Å². The van der Waals surface area contributed by atoms with Crippen LogP contribution < -0.4 is 10.1 Å². The Bertz CT molecular complexity index is 700. The van der Waals surface area contributed by atoms with Gasteiger partial charge < -0.3 is 19.9 Å². The van der Waals surface area contributed by atoms with E-state index in [2.05, 4.69) is 5.32 Å². The largest absolute Gasteiger partial charge is 0.494 e. The smallest absolute Gasteiger partial charge is 0.303 e. The molecule has 0 spiro atoms. The number of hydrogen-bond donors (Lipinski definition) is 2. The maximum absolute atomic E-state index is 12.2. The number of carbonyl (C=O) groups excluding carboxylic acids is 1. The van der Waals surface area contributed by atoms with E-state index in [0.717, 1.165) is 5.56 Å². The second-order valence-electron chi connectivity index (χ2n) is 5.80. The van der Waals surface area contributed by atoms with Gasteiger partial charge in [-0.3, -0.25) is 9.59 Å². The molecule has 2 aromatic carbocycles. The van der Waals surface area contributed by atoms with Crippen molar-refractivity contribution in [2.75, 3.05) is 11.9 Å². The summed E-state index contributed by atoms with van der Waals surface area (Å²) >= 11 is 0. The lowest BCUT2D eigenvalue weighted by Gasteiger charge is -2.14. The van der Waals surface area contributed by atoms with Crippen molar-refractivity contribution in [3.8, 4) is 5.75 Å². The molecular weight excluding hydrogens is 334 g/mol. The molecule has 2 rings (SSSR count). The fourth-order valence-electron chi connectivity index (χ4n) is 2.16. The zero-order chi connectivity index (χ0) is 18.8. The minimum atomic E-state index is -0.838. The van der Waals surface area contributed by atoms with Gasteiger partial charge in [-0.15, -0.1) is 0 Å². The number of carboxylic acids is 1. The highest BCUT2D eigenvalue weighted by atomic mass is 16.5. The Kier molecular flexibility index (Phi) is 7.64. The Morgan fingerprint density at radius 1 is 1.08 bits per heavy atom. The molecule has 0 heterocycles. The summed E-state index contributed by atoms with van der Waals surface area (Å²) in [5.41, 5.74) is 1.65. The van der Waals surface area contributed by atoms with Gasteiger partial charge in [-0.25, -0.2) is 0 Å². The summed E-state index contributed by atoms with van der Waals surface area (Å²) in [7, 11) is 0. The van der Waals surface area contributed by atoms with Gasteiger partial charge in [-0.2, -0.15) is 0 Å². The Balaban J connectivity index is 1.74. The lowest BCUT2D eigenvalue weighted by atomic mass is 10.2. The number of carboxylic acid groups (broad SMARTS) is 1. The summed E-state index contributed by atoms with van der Waals surface area (Å²) in [5, 5.41) is 11.4. The number of rotatable bonds is 10. The van der Waals surface area contributed by atoms with Gasteiger partial charge in [0, 0.05) is 12.1 Å². The molecular formula is C20H23NO5. The molecule has 0 fully saturated rings. The van der Waals surface area contributed by atoms with Crippen LogP contribution in [0.25, 0.3) is 0 Å². The van der Waals surface area contributed by atoms with Gasteiger partial charge in [0.15, 0.2) is 0 Å². The van der Waals surface area contributed by atoms with Crippen LogP contribution in [0.5, 0.6) is 5.75 Å². The third-order valence-corrected chi connectivity index (χ3v) is 3.64. The van der Waals surface area contributed by atoms with E-state index < -0.39 is 12.1 Å². The van der Waals surface area contributed by atoms with E-state index >= 15 is 0 Å². The number of aliphatic carboxylic acids is 1. The van der Waals surface area contributed by atoms with Crippen molar-refractivity contribution in [2.24, 2.45) is 0 Å². The quantitative estimate of drug-likeness (QED) is 0.636. The third kappa shape index (κ3) is 6.94. The summed E-state index contributed by atoms with van der Waals surface area (Å²) in [5.74, 6) is -0.437. The van der Waals surface area contributed by atoms with E-state index in [1.807, 2.05) is 30.3 Å². The highest BCUT2D eigenvalue weighted by molar-refractivity contribution is 5.93. The summed E-state index contributed by atoms with van der Waals surface area (Å²) in [6.07, 6.45) is -0.0545. The Labute approximate surface area is 152 Å². The van der Waals surface area contributed by atoms with Crippen LogP contribution in [0.3, 0.4) is 0 Å². The molecule has 0 saturated carbocycles. The van der Waals surface area contributed by atoms with Gasteiger partial charge in [0.1, 0.15) is 11.9 Å². The van der Waals surface area contributed by atoms with Crippen molar-refractivity contribution in [3.63, 3.8) is 0 Å². The molecule has 0 aliphatic heterocycles. The summed E-state index contributed by atoms with van der Waals surface area (Å²) in [6.45, 7) is 2.42. The number of ether oxygens (including phenoxy) is 2. The van der Waals surface area contributed by atoms with Crippen LogP contribution in [0.2, 0.25) is 0 Å². The zero-order valence-electron chi connectivity index (χ0n) is 14.7. The molecule has 2 aromatic rings. The zero-order valence-corrected chi connectivity index (χ0v) is 14.7. The number of anilines is 1. The highest BCUT2D eigenvalue weighted by Gasteiger charge is 2.13. The number of hydrogen-bond acceptors (Lipinski definition) is 4. The molecule has 138 valence electrons. The summed E-state index contributed by atoms with van der Waals surface area (Å²) in [6, 6.07) is 16.6. The van der Waals surface area contributed by atoms with E-state index in [9.17, 15) is 9.59 Å². The molecule has 0 aliphatic rings. The molecule has 0 saturated heterocycles. The van der Waals surface area contributed by atoms with Gasteiger partial charge in [0.05, 0.1) is 13.2 Å². The van der Waals surface area contributed by atoms with Gasteiger partial charge in [-0.05, 0) is 43.2 Å². The first-order chi connectivity index (χ1) is 12.5. The predicted molar refractivity (Wildman–Crippen MR) is 98.1 cm³/mol. The Morgan fingerprint density at radius 3 is 2.42 bits per heavy atom. The standard InChI is InChI=1S/C20H23NO5/c1-15(26-14-16-6-3-2-4-7-16)20(24)21-17-9-11-18(12-10-17)25-13-5-8-19(22)23/h2-4,6-7,9-12,15H,5,8,13-14H2,1H3,(H,21,24)(H,22,23). The number of nitrogens with one attached hydrogen (secondary N) is 1. The SMILES string of the molecule is CC(OCc1ccccc1)C(=O)Nc1ccc(OCCCC(=O)O)cc1. The van der Waals surface area contributed by atoms with Crippen LogP contribution in [0.4, 0.5) is 5.69 Å². The first-order valence-electron chi connectivity index (χ1n) is 8.45. The highest BCUT2D eigenvalue weighted by Crippen LogP contribution is 2.16. The molecule has 1 atom stereocenters. The van der Waals surface area contributed by atoms with Gasteiger partial charge >= 0.3 is 5.97 Å². The molecule has 6 heteroatoms. The maximum atomic E-state index is 12.2. The van der Waals surface area contributed by atoms with Crippen molar-refractivity contribution in [3.05, 3.63) is 60.2 Å². The average molecular weight is 357 g/mol. The van der Waals surface area contributed by atoms with Gasteiger partial charge in [0.2, 0.25) is 0 Å². The molecule has 26 heavy (non-hydrogen) atoms. The molecule has 0 aliphatic carbocycles. The van der Waals surface area contributed by atoms with Crippen molar-refractivity contribution in [2.45, 2.75) is 32.5 Å². The lowest BCUT2D eigenvalue weighted by molar-refractivity contribution is -0.137. The van der Waals surface area contributed by atoms with E-state index in [-0.39, 0.29) is 12.3 Å². The van der Waals surface area contributed by atoms with Gasteiger partial charge in [0.25, 0.3) is 5.91 Å². The number of carbonyl (C=O) groups is 2. The van der Waals surface area contributed by atoms with E-state index in [0.29, 0.717) is 31.1 Å². The molecule has 2 N–H and O–H groups in total. The van der Waals surface area contributed by atoms with Crippen LogP contribution in [-0.4, -0.2) is 29.7 Å². The molecule has 1 amide bonds. The number of benzene rings is 2. The second-order valence-corrected chi connectivity index (χ2v) is 5.80. The first-order valence-corrected chi connectivity index (χ1v) is 8.45. The molecule has 0 bridgehead atoms. The topological polar surface area (TPSA) is 84.9 Å². The van der Waals surface area contributed by atoms with Crippen molar-refractivity contribution >= 4 is 17.6 Å². The molecule has 0 aromatic heterocycles.